The Balaban J connectivity index is 1.44. The summed E-state index contributed by atoms with van der Waals surface area (Å²) in [6.07, 6.45) is 3.74. The highest BCUT2D eigenvalue weighted by Crippen LogP contribution is 2.24. The molecule has 1 aromatic carbocycles. The zero-order valence-corrected chi connectivity index (χ0v) is 15.7. The van der Waals surface area contributed by atoms with E-state index >= 15 is 0 Å². The van der Waals surface area contributed by atoms with E-state index < -0.39 is 0 Å². The molecule has 1 aromatic heterocycles. The molecule has 0 spiro atoms. The fraction of sp³-hybridized carbons (Fsp3) is 0.333. The van der Waals surface area contributed by atoms with Gasteiger partial charge in [-0.15, -0.1) is 0 Å². The fourth-order valence-corrected chi connectivity index (χ4v) is 3.87. The molecule has 2 amide bonds. The number of benzene rings is 1. The first-order valence-corrected chi connectivity index (χ1v) is 9.42. The van der Waals surface area contributed by atoms with Crippen LogP contribution in [0.4, 0.5) is 11.6 Å². The number of aromatic nitrogens is 2. The van der Waals surface area contributed by atoms with Gasteiger partial charge in [0.1, 0.15) is 0 Å². The molecule has 0 saturated carbocycles. The Labute approximate surface area is 159 Å². The molecule has 3 heterocycles. The predicted molar refractivity (Wildman–Crippen MR) is 100.0 cm³/mol. The molecule has 1 N–H and O–H groups in total. The molecular weight excluding hydrogens is 398 g/mol. The number of carbonyl (C=O) groups excluding carboxylic acids is 2. The number of hydrogen-bond donors (Lipinski definition) is 1. The number of anilines is 2. The Kier molecular flexibility index (Phi) is 4.69. The summed E-state index contributed by atoms with van der Waals surface area (Å²) in [6.45, 7) is 3.12. The number of carbonyl (C=O) groups is 2. The molecule has 0 bridgehead atoms. The highest BCUT2D eigenvalue weighted by Gasteiger charge is 2.46. The van der Waals surface area contributed by atoms with E-state index in [9.17, 15) is 9.59 Å². The first-order valence-electron chi connectivity index (χ1n) is 8.62. The average Bonchev–Trinajstić information content (AvgIpc) is 2.98. The van der Waals surface area contributed by atoms with Crippen LogP contribution in [0.5, 0.6) is 0 Å². The first-order chi connectivity index (χ1) is 12.6. The lowest BCUT2D eigenvalue weighted by molar-refractivity contribution is -0.915. The van der Waals surface area contributed by atoms with Crippen LogP contribution in [0.2, 0.25) is 0 Å². The van der Waals surface area contributed by atoms with Gasteiger partial charge in [0, 0.05) is 16.9 Å². The number of nitrogens with zero attached hydrogens (tertiary/aromatic N) is 4. The van der Waals surface area contributed by atoms with Gasteiger partial charge < -0.3 is 9.80 Å². The van der Waals surface area contributed by atoms with Gasteiger partial charge in [-0.25, -0.2) is 14.9 Å². The molecule has 2 saturated heterocycles. The lowest BCUT2D eigenvalue weighted by Gasteiger charge is -2.34. The van der Waals surface area contributed by atoms with Gasteiger partial charge in [0.2, 0.25) is 11.9 Å². The Hall–Kier alpha value is -2.32. The standard InChI is InChI=1S/C18H18BrN5O2/c19-13-2-4-14(5-3-13)24-16(25)12-15(17(24)26)22-8-10-23(11-9-22)18-20-6-1-7-21-18/h1-7,15H,8-12H2/p+1. The van der Waals surface area contributed by atoms with Crippen molar-refractivity contribution in [3.05, 3.63) is 47.2 Å². The summed E-state index contributed by atoms with van der Waals surface area (Å²) in [4.78, 5) is 38.5. The zero-order valence-electron chi connectivity index (χ0n) is 14.1. The summed E-state index contributed by atoms with van der Waals surface area (Å²) in [5, 5.41) is 0. The van der Waals surface area contributed by atoms with E-state index in [1.165, 1.54) is 4.90 Å². The third kappa shape index (κ3) is 3.22. The topological polar surface area (TPSA) is 70.8 Å². The molecule has 0 radical (unpaired) electrons. The van der Waals surface area contributed by atoms with Crippen molar-refractivity contribution in [3.8, 4) is 0 Å². The van der Waals surface area contributed by atoms with E-state index in [0.29, 0.717) is 5.69 Å². The van der Waals surface area contributed by atoms with E-state index in [1.54, 1.807) is 30.6 Å². The van der Waals surface area contributed by atoms with Crippen molar-refractivity contribution in [2.75, 3.05) is 36.0 Å². The minimum atomic E-state index is -0.301. The highest BCUT2D eigenvalue weighted by molar-refractivity contribution is 9.10. The number of hydrogen-bond acceptors (Lipinski definition) is 5. The monoisotopic (exact) mass is 416 g/mol. The van der Waals surface area contributed by atoms with Crippen molar-refractivity contribution in [2.45, 2.75) is 12.5 Å². The van der Waals surface area contributed by atoms with Gasteiger partial charge in [-0.1, -0.05) is 15.9 Å². The number of imide groups is 1. The Morgan fingerprint density at radius 3 is 2.35 bits per heavy atom. The lowest BCUT2D eigenvalue weighted by atomic mass is 10.2. The number of amides is 2. The first kappa shape index (κ1) is 17.1. The van der Waals surface area contributed by atoms with Crippen LogP contribution in [0.25, 0.3) is 0 Å². The maximum absolute atomic E-state index is 12.9. The molecule has 4 rings (SSSR count). The van der Waals surface area contributed by atoms with Gasteiger partial charge in [-0.2, -0.15) is 0 Å². The maximum atomic E-state index is 12.9. The number of quaternary nitrogens is 1. The smallest absolute Gasteiger partial charge is 0.292 e. The lowest BCUT2D eigenvalue weighted by Crippen LogP contribution is -3.19. The van der Waals surface area contributed by atoms with Crippen molar-refractivity contribution < 1.29 is 14.5 Å². The van der Waals surface area contributed by atoms with Gasteiger partial charge >= 0.3 is 0 Å². The van der Waals surface area contributed by atoms with Gasteiger partial charge in [0.05, 0.1) is 38.3 Å². The molecule has 2 aromatic rings. The van der Waals surface area contributed by atoms with Gasteiger partial charge in [-0.05, 0) is 30.3 Å². The predicted octanol–water partition coefficient (Wildman–Crippen LogP) is 0.276. The van der Waals surface area contributed by atoms with Crippen LogP contribution in [0.1, 0.15) is 6.42 Å². The highest BCUT2D eigenvalue weighted by atomic mass is 79.9. The molecule has 7 nitrogen and oxygen atoms in total. The quantitative estimate of drug-likeness (QED) is 0.727. The van der Waals surface area contributed by atoms with Gasteiger partial charge in [0.15, 0.2) is 6.04 Å². The van der Waals surface area contributed by atoms with Crippen LogP contribution in [-0.4, -0.2) is 54.0 Å². The van der Waals surface area contributed by atoms with Crippen molar-refractivity contribution >= 4 is 39.4 Å². The molecular formula is C18H19BrN5O2+. The van der Waals surface area contributed by atoms with E-state index in [4.69, 9.17) is 0 Å². The maximum Gasteiger partial charge on any atom is 0.292 e. The van der Waals surface area contributed by atoms with Crippen LogP contribution >= 0.6 is 15.9 Å². The summed E-state index contributed by atoms with van der Waals surface area (Å²) >= 11 is 3.38. The second-order valence-electron chi connectivity index (χ2n) is 6.49. The minimum Gasteiger partial charge on any atom is -0.330 e. The summed E-state index contributed by atoms with van der Waals surface area (Å²) in [7, 11) is 0. The molecule has 26 heavy (non-hydrogen) atoms. The van der Waals surface area contributed by atoms with Crippen LogP contribution < -0.4 is 14.7 Å². The molecule has 2 aliphatic rings. The van der Waals surface area contributed by atoms with Crippen LogP contribution in [0.15, 0.2) is 47.2 Å². The van der Waals surface area contributed by atoms with Crippen LogP contribution in [0, 0.1) is 0 Å². The number of halogens is 1. The van der Waals surface area contributed by atoms with E-state index in [2.05, 4.69) is 30.8 Å². The summed E-state index contributed by atoms with van der Waals surface area (Å²) in [5.41, 5.74) is 0.640. The van der Waals surface area contributed by atoms with Crippen molar-refractivity contribution in [3.63, 3.8) is 0 Å². The van der Waals surface area contributed by atoms with Crippen LogP contribution in [0.3, 0.4) is 0 Å². The third-order valence-electron chi connectivity index (χ3n) is 4.96. The summed E-state index contributed by atoms with van der Waals surface area (Å²) < 4.78 is 0.918. The SMILES string of the molecule is O=C1CC([NH+]2CCN(c3ncccn3)CC2)C(=O)N1c1ccc(Br)cc1. The molecule has 1 atom stereocenters. The average molecular weight is 417 g/mol. The molecule has 8 heteroatoms. The Morgan fingerprint density at radius 1 is 1.04 bits per heavy atom. The zero-order chi connectivity index (χ0) is 18.1. The third-order valence-corrected chi connectivity index (χ3v) is 5.49. The van der Waals surface area contributed by atoms with Crippen LogP contribution in [-0.2, 0) is 9.59 Å². The number of nitrogens with one attached hydrogen (secondary N) is 1. The minimum absolute atomic E-state index is 0.100. The summed E-state index contributed by atoms with van der Waals surface area (Å²) in [5.74, 6) is 0.497. The van der Waals surface area contributed by atoms with Crippen molar-refractivity contribution in [2.24, 2.45) is 0 Å². The Morgan fingerprint density at radius 2 is 1.69 bits per heavy atom. The molecule has 0 aliphatic carbocycles. The Bertz CT molecular complexity index is 806. The van der Waals surface area contributed by atoms with E-state index in [0.717, 1.165) is 41.5 Å². The molecule has 134 valence electrons. The molecule has 2 aliphatic heterocycles. The van der Waals surface area contributed by atoms with E-state index in [-0.39, 0.29) is 24.3 Å². The molecule has 2 fully saturated rings. The van der Waals surface area contributed by atoms with Crippen molar-refractivity contribution in [1.29, 1.82) is 0 Å². The summed E-state index contributed by atoms with van der Waals surface area (Å²) in [6, 6.07) is 8.77. The van der Waals surface area contributed by atoms with Gasteiger partial charge in [-0.3, -0.25) is 9.59 Å². The number of rotatable bonds is 3. The largest absolute Gasteiger partial charge is 0.330 e. The fourth-order valence-electron chi connectivity index (χ4n) is 3.61. The second-order valence-corrected chi connectivity index (χ2v) is 7.41. The molecule has 1 unspecified atom stereocenters. The van der Waals surface area contributed by atoms with Crippen molar-refractivity contribution in [1.82, 2.24) is 9.97 Å². The normalized spacial score (nSPS) is 21.5. The van der Waals surface area contributed by atoms with E-state index in [1.807, 2.05) is 12.1 Å². The second kappa shape index (κ2) is 7.13. The van der Waals surface area contributed by atoms with Gasteiger partial charge in [0.25, 0.3) is 5.91 Å². The number of piperazine rings is 1.